The second kappa shape index (κ2) is 6.25. The summed E-state index contributed by atoms with van der Waals surface area (Å²) in [6.07, 6.45) is 0. The summed E-state index contributed by atoms with van der Waals surface area (Å²) < 4.78 is 38.6. The zero-order chi connectivity index (χ0) is 18.5. The van der Waals surface area contributed by atoms with Crippen molar-refractivity contribution in [3.05, 3.63) is 64.9 Å². The van der Waals surface area contributed by atoms with E-state index in [1.54, 1.807) is 30.3 Å². The smallest absolute Gasteiger partial charge is 0.314 e. The molecular weight excluding hydrogens is 379 g/mol. The van der Waals surface area contributed by atoms with Crippen LogP contribution in [0.4, 0.5) is 14.9 Å². The van der Waals surface area contributed by atoms with E-state index in [1.807, 2.05) is 6.07 Å². The lowest BCUT2D eigenvalue weighted by Crippen LogP contribution is -2.37. The van der Waals surface area contributed by atoms with Crippen molar-refractivity contribution < 1.29 is 17.6 Å². The Balaban J connectivity index is 1.74. The summed E-state index contributed by atoms with van der Waals surface area (Å²) in [4.78, 5) is 16.0. The highest BCUT2D eigenvalue weighted by Gasteiger charge is 2.53. The van der Waals surface area contributed by atoms with Crippen molar-refractivity contribution in [2.75, 3.05) is 16.4 Å². The lowest BCUT2D eigenvalue weighted by molar-refractivity contribution is 0.205. The van der Waals surface area contributed by atoms with E-state index in [2.05, 4.69) is 0 Å². The van der Waals surface area contributed by atoms with Crippen LogP contribution in [0.15, 0.2) is 48.5 Å². The number of sulfone groups is 1. The summed E-state index contributed by atoms with van der Waals surface area (Å²) >= 11 is 6.10. The zero-order valence-corrected chi connectivity index (χ0v) is 15.3. The number of benzene rings is 2. The number of para-hydroxylation sites is 1. The number of carbonyl (C=O) groups is 1. The largest absolute Gasteiger partial charge is 0.325 e. The Morgan fingerprint density at radius 2 is 1.73 bits per heavy atom. The normalized spacial score (nSPS) is 24.2. The van der Waals surface area contributed by atoms with E-state index in [9.17, 15) is 17.6 Å². The molecule has 2 amide bonds. The summed E-state index contributed by atoms with van der Waals surface area (Å²) in [6, 6.07) is 11.9. The molecule has 2 aromatic rings. The molecule has 2 atom stereocenters. The van der Waals surface area contributed by atoms with Crippen molar-refractivity contribution in [2.24, 2.45) is 0 Å². The SMILES string of the molecule is O=C1N(Cc2c(F)cccc2Cl)[C@@H]2CS(=O)(=O)C[C@H]2N1c1ccccc1. The van der Waals surface area contributed by atoms with Crippen molar-refractivity contribution >= 4 is 33.2 Å². The number of urea groups is 1. The average Bonchev–Trinajstić information content (AvgIpc) is 3.02. The molecule has 4 rings (SSSR count). The van der Waals surface area contributed by atoms with E-state index >= 15 is 0 Å². The standard InChI is InChI=1S/C18H16ClFN2O3S/c19-14-7-4-8-15(20)13(14)9-21-16-10-26(24,25)11-17(16)22(18(21)23)12-5-2-1-3-6-12/h1-8,16-17H,9-11H2/t16-,17-/m1/s1. The predicted octanol–water partition coefficient (Wildman–Crippen LogP) is 3.09. The minimum Gasteiger partial charge on any atom is -0.314 e. The maximum atomic E-state index is 14.2. The first-order chi connectivity index (χ1) is 12.4. The number of amides is 2. The molecule has 2 saturated heterocycles. The van der Waals surface area contributed by atoms with E-state index in [4.69, 9.17) is 11.6 Å². The van der Waals surface area contributed by atoms with Gasteiger partial charge < -0.3 is 4.90 Å². The van der Waals surface area contributed by atoms with Gasteiger partial charge in [-0.05, 0) is 24.3 Å². The van der Waals surface area contributed by atoms with E-state index in [0.717, 1.165) is 0 Å². The number of carbonyl (C=O) groups excluding carboxylic acids is 1. The maximum absolute atomic E-state index is 14.2. The molecule has 2 aliphatic heterocycles. The number of nitrogens with zero attached hydrogens (tertiary/aromatic N) is 2. The number of fused-ring (bicyclic) bond motifs is 1. The van der Waals surface area contributed by atoms with Crippen molar-refractivity contribution in [3.63, 3.8) is 0 Å². The van der Waals surface area contributed by atoms with Gasteiger partial charge >= 0.3 is 6.03 Å². The summed E-state index contributed by atoms with van der Waals surface area (Å²) in [5.74, 6) is -0.737. The van der Waals surface area contributed by atoms with Crippen molar-refractivity contribution in [2.45, 2.75) is 18.6 Å². The van der Waals surface area contributed by atoms with Gasteiger partial charge in [-0.25, -0.2) is 17.6 Å². The van der Waals surface area contributed by atoms with Gasteiger partial charge in [-0.3, -0.25) is 4.90 Å². The van der Waals surface area contributed by atoms with Crippen LogP contribution < -0.4 is 4.90 Å². The maximum Gasteiger partial charge on any atom is 0.325 e. The quantitative estimate of drug-likeness (QED) is 0.752. The van der Waals surface area contributed by atoms with Crippen LogP contribution in [0.1, 0.15) is 5.56 Å². The van der Waals surface area contributed by atoms with Gasteiger partial charge in [-0.1, -0.05) is 35.9 Å². The number of hydrogen-bond donors (Lipinski definition) is 0. The molecule has 26 heavy (non-hydrogen) atoms. The lowest BCUT2D eigenvalue weighted by atomic mass is 10.1. The van der Waals surface area contributed by atoms with Gasteiger partial charge in [0.25, 0.3) is 0 Å². The third-order valence-electron chi connectivity index (χ3n) is 4.90. The van der Waals surface area contributed by atoms with Gasteiger partial charge in [-0.2, -0.15) is 0 Å². The van der Waals surface area contributed by atoms with E-state index in [-0.39, 0.29) is 34.7 Å². The summed E-state index contributed by atoms with van der Waals surface area (Å²) in [5, 5.41) is 0.216. The van der Waals surface area contributed by atoms with E-state index in [1.165, 1.54) is 21.9 Å². The van der Waals surface area contributed by atoms with Crippen LogP contribution in [0.25, 0.3) is 0 Å². The molecule has 2 heterocycles. The minimum atomic E-state index is -3.28. The lowest BCUT2D eigenvalue weighted by Gasteiger charge is -2.23. The van der Waals surface area contributed by atoms with Crippen molar-refractivity contribution in [1.29, 1.82) is 0 Å². The van der Waals surface area contributed by atoms with E-state index in [0.29, 0.717) is 5.69 Å². The van der Waals surface area contributed by atoms with Crippen LogP contribution in [0, 0.1) is 5.82 Å². The van der Waals surface area contributed by atoms with Crippen LogP contribution in [-0.2, 0) is 16.4 Å². The first-order valence-corrected chi connectivity index (χ1v) is 10.4. The molecule has 2 aliphatic rings. The number of rotatable bonds is 3. The molecule has 8 heteroatoms. The topological polar surface area (TPSA) is 57.7 Å². The molecule has 5 nitrogen and oxygen atoms in total. The van der Waals surface area contributed by atoms with Gasteiger partial charge in [0.2, 0.25) is 0 Å². The van der Waals surface area contributed by atoms with Gasteiger partial charge in [-0.15, -0.1) is 0 Å². The molecule has 0 N–H and O–H groups in total. The molecule has 0 aliphatic carbocycles. The Morgan fingerprint density at radius 1 is 1.04 bits per heavy atom. The Morgan fingerprint density at radius 3 is 2.42 bits per heavy atom. The summed E-state index contributed by atoms with van der Waals surface area (Å²) in [6.45, 7) is -0.0651. The molecule has 0 saturated carbocycles. The molecule has 2 aromatic carbocycles. The van der Waals surface area contributed by atoms with Gasteiger partial charge in [0.1, 0.15) is 5.82 Å². The van der Waals surface area contributed by atoms with Crippen molar-refractivity contribution in [1.82, 2.24) is 4.90 Å². The highest BCUT2D eigenvalue weighted by atomic mass is 35.5. The third kappa shape index (κ3) is 2.85. The minimum absolute atomic E-state index is 0.0651. The molecule has 0 bridgehead atoms. The first-order valence-electron chi connectivity index (χ1n) is 8.15. The summed E-state index contributed by atoms with van der Waals surface area (Å²) in [5.41, 5.74) is 0.826. The molecule has 0 radical (unpaired) electrons. The van der Waals surface area contributed by atoms with Crippen LogP contribution in [-0.4, -0.2) is 42.9 Å². The van der Waals surface area contributed by atoms with Gasteiger partial charge in [0, 0.05) is 16.3 Å². The number of hydrogen-bond acceptors (Lipinski definition) is 3. The molecule has 0 unspecified atom stereocenters. The first kappa shape index (κ1) is 17.3. The average molecular weight is 395 g/mol. The fraction of sp³-hybridized carbons (Fsp3) is 0.278. The molecular formula is C18H16ClFN2O3S. The third-order valence-corrected chi connectivity index (χ3v) is 6.95. The van der Waals surface area contributed by atoms with Crippen molar-refractivity contribution in [3.8, 4) is 0 Å². The Labute approximate surface area is 155 Å². The zero-order valence-electron chi connectivity index (χ0n) is 13.7. The monoisotopic (exact) mass is 394 g/mol. The molecule has 0 aromatic heterocycles. The highest BCUT2D eigenvalue weighted by molar-refractivity contribution is 7.91. The highest BCUT2D eigenvalue weighted by Crippen LogP contribution is 2.36. The molecule has 0 spiro atoms. The van der Waals surface area contributed by atoms with Crippen LogP contribution >= 0.6 is 11.6 Å². The van der Waals surface area contributed by atoms with Gasteiger partial charge in [0.15, 0.2) is 9.84 Å². The number of halogens is 2. The second-order valence-electron chi connectivity index (χ2n) is 6.53. The predicted molar refractivity (Wildman–Crippen MR) is 97.5 cm³/mol. The fourth-order valence-corrected chi connectivity index (χ4v) is 5.88. The van der Waals surface area contributed by atoms with Crippen LogP contribution in [0.3, 0.4) is 0 Å². The van der Waals surface area contributed by atoms with E-state index < -0.39 is 27.7 Å². The van der Waals surface area contributed by atoms with Crippen LogP contribution in [0.2, 0.25) is 5.02 Å². The Hall–Kier alpha value is -2.12. The fourth-order valence-electron chi connectivity index (χ4n) is 3.71. The second-order valence-corrected chi connectivity index (χ2v) is 9.09. The Bertz CT molecular complexity index is 947. The van der Waals surface area contributed by atoms with Gasteiger partial charge in [0.05, 0.1) is 30.1 Å². The Kier molecular flexibility index (Phi) is 4.16. The summed E-state index contributed by atoms with van der Waals surface area (Å²) in [7, 11) is -3.28. The molecule has 136 valence electrons. The van der Waals surface area contributed by atoms with Crippen LogP contribution in [0.5, 0.6) is 0 Å². The number of anilines is 1. The molecule has 2 fully saturated rings.